The molecule has 1 aliphatic rings. The molecule has 24 heavy (non-hydrogen) atoms. The fourth-order valence-corrected chi connectivity index (χ4v) is 3.26. The van der Waals surface area contributed by atoms with E-state index in [-0.39, 0.29) is 18.0 Å². The molecule has 0 bridgehead atoms. The first-order chi connectivity index (χ1) is 11.5. The van der Waals surface area contributed by atoms with Crippen LogP contribution in [0, 0.1) is 6.92 Å². The van der Waals surface area contributed by atoms with Crippen molar-refractivity contribution in [2.75, 3.05) is 13.1 Å². The maximum absolute atomic E-state index is 12.1. The second kappa shape index (κ2) is 7.09. The number of likely N-dealkylation sites (tertiary alicyclic amines) is 1. The van der Waals surface area contributed by atoms with Crippen LogP contribution in [0.15, 0.2) is 29.0 Å². The summed E-state index contributed by atoms with van der Waals surface area (Å²) in [5, 5.41) is 3.91. The highest BCUT2D eigenvalue weighted by atomic mass is 16.5. The lowest BCUT2D eigenvalue weighted by Crippen LogP contribution is -2.40. The van der Waals surface area contributed by atoms with Crippen molar-refractivity contribution in [3.63, 3.8) is 0 Å². The van der Waals surface area contributed by atoms with Crippen molar-refractivity contribution in [3.8, 4) is 0 Å². The van der Waals surface area contributed by atoms with E-state index in [0.717, 1.165) is 19.5 Å². The molecule has 0 aliphatic carbocycles. The Morgan fingerprint density at radius 1 is 1.54 bits per heavy atom. The second-order valence-electron chi connectivity index (χ2n) is 6.28. The molecule has 0 saturated carbocycles. The Kier molecular flexibility index (Phi) is 4.89. The van der Waals surface area contributed by atoms with Gasteiger partial charge in [0, 0.05) is 51.4 Å². The summed E-state index contributed by atoms with van der Waals surface area (Å²) in [6.07, 6.45) is 4.64. The number of amides is 1. The molecule has 7 nitrogen and oxygen atoms in total. The Morgan fingerprint density at radius 2 is 2.38 bits per heavy atom. The van der Waals surface area contributed by atoms with Gasteiger partial charge >= 0.3 is 0 Å². The predicted molar refractivity (Wildman–Crippen MR) is 87.9 cm³/mol. The van der Waals surface area contributed by atoms with Gasteiger partial charge < -0.3 is 9.42 Å². The lowest BCUT2D eigenvalue weighted by Gasteiger charge is -2.29. The summed E-state index contributed by atoms with van der Waals surface area (Å²) >= 11 is 0. The Bertz CT molecular complexity index is 687. The Labute approximate surface area is 141 Å². The van der Waals surface area contributed by atoms with Crippen molar-refractivity contribution < 1.29 is 9.32 Å². The molecule has 128 valence electrons. The summed E-state index contributed by atoms with van der Waals surface area (Å²) in [7, 11) is 0. The lowest BCUT2D eigenvalue weighted by atomic mass is 10.1. The monoisotopic (exact) mass is 329 g/mol. The third kappa shape index (κ3) is 3.62. The highest BCUT2D eigenvalue weighted by Crippen LogP contribution is 2.26. The Balaban J connectivity index is 1.67. The summed E-state index contributed by atoms with van der Waals surface area (Å²) in [6.45, 7) is 7.72. The maximum atomic E-state index is 12.1. The Morgan fingerprint density at radius 3 is 3.00 bits per heavy atom. The molecule has 2 aromatic rings. The summed E-state index contributed by atoms with van der Waals surface area (Å²) in [5.74, 6) is 1.12. The largest absolute Gasteiger partial charge is 0.340 e. The highest BCUT2D eigenvalue weighted by molar-refractivity contribution is 5.73. The van der Waals surface area contributed by atoms with Crippen molar-refractivity contribution in [3.05, 3.63) is 41.8 Å². The van der Waals surface area contributed by atoms with Gasteiger partial charge in [-0.3, -0.25) is 14.7 Å². The van der Waals surface area contributed by atoms with E-state index in [9.17, 15) is 4.79 Å². The molecule has 0 spiro atoms. The molecular formula is C17H23N5O2. The summed E-state index contributed by atoms with van der Waals surface area (Å²) in [4.78, 5) is 24.7. The average Bonchev–Trinajstić information content (AvgIpc) is 3.21. The quantitative estimate of drug-likeness (QED) is 0.835. The summed E-state index contributed by atoms with van der Waals surface area (Å²) < 4.78 is 5.01. The van der Waals surface area contributed by atoms with E-state index >= 15 is 0 Å². The molecule has 0 N–H and O–H groups in total. The van der Waals surface area contributed by atoms with E-state index in [4.69, 9.17) is 4.52 Å². The third-order valence-corrected chi connectivity index (χ3v) is 4.64. The first kappa shape index (κ1) is 16.6. The smallest absolute Gasteiger partial charge is 0.223 e. The fourth-order valence-electron chi connectivity index (χ4n) is 3.26. The van der Waals surface area contributed by atoms with E-state index in [1.54, 1.807) is 20.0 Å². The Hall–Kier alpha value is -2.28. The van der Waals surface area contributed by atoms with Gasteiger partial charge in [0.2, 0.25) is 11.8 Å². The molecule has 7 heteroatoms. The minimum atomic E-state index is 0.0401. The van der Waals surface area contributed by atoms with E-state index in [0.29, 0.717) is 18.3 Å². The fraction of sp³-hybridized carbons (Fsp3) is 0.529. The van der Waals surface area contributed by atoms with Gasteiger partial charge in [-0.2, -0.15) is 4.98 Å². The molecule has 1 aliphatic heterocycles. The number of aromatic nitrogens is 3. The van der Waals surface area contributed by atoms with Crippen molar-refractivity contribution in [2.24, 2.45) is 0 Å². The SMILES string of the molecule is CC(=O)N(Cc1noc(C)n1)C1CCN(C(C)c2cccnc2)C1. The molecular weight excluding hydrogens is 306 g/mol. The first-order valence-electron chi connectivity index (χ1n) is 8.25. The zero-order valence-corrected chi connectivity index (χ0v) is 14.3. The molecule has 2 aromatic heterocycles. The minimum absolute atomic E-state index is 0.0401. The number of hydrogen-bond acceptors (Lipinski definition) is 6. The number of nitrogens with zero attached hydrogens (tertiary/aromatic N) is 5. The second-order valence-corrected chi connectivity index (χ2v) is 6.28. The summed E-state index contributed by atoms with van der Waals surface area (Å²) in [5.41, 5.74) is 1.20. The van der Waals surface area contributed by atoms with E-state index < -0.39 is 0 Å². The molecule has 2 unspecified atom stereocenters. The van der Waals surface area contributed by atoms with Crippen LogP contribution in [-0.4, -0.2) is 50.0 Å². The zero-order valence-electron chi connectivity index (χ0n) is 14.3. The van der Waals surface area contributed by atoms with Crippen molar-refractivity contribution in [1.82, 2.24) is 24.9 Å². The van der Waals surface area contributed by atoms with Crippen LogP contribution in [-0.2, 0) is 11.3 Å². The third-order valence-electron chi connectivity index (χ3n) is 4.64. The standard InChI is InChI=1S/C17H23N5O2/c1-12(15-5-4-7-18-9-15)21-8-6-16(10-21)22(14(3)23)11-17-19-13(2)24-20-17/h4-5,7,9,12,16H,6,8,10-11H2,1-3H3. The van der Waals surface area contributed by atoms with E-state index in [1.165, 1.54) is 5.56 Å². The zero-order chi connectivity index (χ0) is 17.1. The van der Waals surface area contributed by atoms with Gasteiger partial charge in [-0.25, -0.2) is 0 Å². The van der Waals surface area contributed by atoms with Crippen LogP contribution >= 0.6 is 0 Å². The molecule has 2 atom stereocenters. The molecule has 1 amide bonds. The topological polar surface area (TPSA) is 75.4 Å². The van der Waals surface area contributed by atoms with Gasteiger partial charge in [0.05, 0.1) is 6.54 Å². The first-order valence-corrected chi connectivity index (χ1v) is 8.25. The van der Waals surface area contributed by atoms with E-state index in [2.05, 4.69) is 33.0 Å². The van der Waals surface area contributed by atoms with Crippen LogP contribution in [0.2, 0.25) is 0 Å². The molecule has 1 saturated heterocycles. The van der Waals surface area contributed by atoms with Crippen molar-refractivity contribution in [2.45, 2.75) is 45.8 Å². The highest BCUT2D eigenvalue weighted by Gasteiger charge is 2.32. The van der Waals surface area contributed by atoms with Gasteiger partial charge in [0.1, 0.15) is 0 Å². The van der Waals surface area contributed by atoms with E-state index in [1.807, 2.05) is 17.2 Å². The maximum Gasteiger partial charge on any atom is 0.223 e. The van der Waals surface area contributed by atoms with Crippen molar-refractivity contribution in [1.29, 1.82) is 0 Å². The van der Waals surface area contributed by atoms with Gasteiger partial charge in [-0.05, 0) is 25.0 Å². The van der Waals surface area contributed by atoms with Crippen LogP contribution in [0.25, 0.3) is 0 Å². The number of rotatable bonds is 5. The number of aryl methyl sites for hydroxylation is 1. The summed E-state index contributed by atoms with van der Waals surface area (Å²) in [6, 6.07) is 4.50. The molecule has 0 aromatic carbocycles. The van der Waals surface area contributed by atoms with Crippen LogP contribution in [0.3, 0.4) is 0 Å². The average molecular weight is 329 g/mol. The molecule has 3 rings (SSSR count). The molecule has 3 heterocycles. The van der Waals surface area contributed by atoms with Gasteiger partial charge in [-0.1, -0.05) is 11.2 Å². The number of pyridine rings is 1. The van der Waals surface area contributed by atoms with Crippen molar-refractivity contribution >= 4 is 5.91 Å². The number of hydrogen-bond donors (Lipinski definition) is 0. The number of carbonyl (C=O) groups excluding carboxylic acids is 1. The predicted octanol–water partition coefficient (Wildman–Crippen LogP) is 1.96. The number of carbonyl (C=O) groups is 1. The normalized spacial score (nSPS) is 19.4. The van der Waals surface area contributed by atoms with Crippen LogP contribution in [0.5, 0.6) is 0 Å². The van der Waals surface area contributed by atoms with Gasteiger partial charge in [0.15, 0.2) is 5.82 Å². The van der Waals surface area contributed by atoms with Gasteiger partial charge in [-0.15, -0.1) is 0 Å². The molecule has 1 fully saturated rings. The minimum Gasteiger partial charge on any atom is -0.340 e. The van der Waals surface area contributed by atoms with Gasteiger partial charge in [0.25, 0.3) is 0 Å². The van der Waals surface area contributed by atoms with Crippen LogP contribution in [0.4, 0.5) is 0 Å². The molecule has 0 radical (unpaired) electrons. The van der Waals surface area contributed by atoms with Crippen LogP contribution in [0.1, 0.15) is 43.6 Å². The van der Waals surface area contributed by atoms with Crippen LogP contribution < -0.4 is 0 Å². The lowest BCUT2D eigenvalue weighted by molar-refractivity contribution is -0.131.